The summed E-state index contributed by atoms with van der Waals surface area (Å²) in [5.41, 5.74) is 2.61. The Bertz CT molecular complexity index is 2210. The van der Waals surface area contributed by atoms with Crippen molar-refractivity contribution in [3.05, 3.63) is 95.9 Å². The summed E-state index contributed by atoms with van der Waals surface area (Å²) in [6.45, 7) is 6.20. The highest BCUT2D eigenvalue weighted by atomic mass is 19.1. The molecule has 5 aliphatic rings. The number of carbonyl (C=O) groups is 4. The van der Waals surface area contributed by atoms with E-state index in [4.69, 9.17) is 24.7 Å². The third-order valence-corrected chi connectivity index (χ3v) is 13.6. The Labute approximate surface area is 330 Å². The molecule has 1 aromatic heterocycles. The third-order valence-electron chi connectivity index (χ3n) is 13.6. The van der Waals surface area contributed by atoms with Gasteiger partial charge in [-0.05, 0) is 99.2 Å². The summed E-state index contributed by atoms with van der Waals surface area (Å²) in [4.78, 5) is 56.8. The maximum absolute atomic E-state index is 17.7. The van der Waals surface area contributed by atoms with Gasteiger partial charge in [-0.1, -0.05) is 48.9 Å². The zero-order valence-electron chi connectivity index (χ0n) is 32.5. The molecule has 2 aromatic carbocycles. The minimum atomic E-state index is -2.09. The van der Waals surface area contributed by atoms with E-state index in [0.29, 0.717) is 41.6 Å². The summed E-state index contributed by atoms with van der Waals surface area (Å²) >= 11 is 0. The number of ketones is 2. The van der Waals surface area contributed by atoms with E-state index in [1.807, 2.05) is 25.1 Å². The second kappa shape index (κ2) is 13.9. The number of Topliss-reactive ketones (excluding diaryl/α,β-unsaturated/α-hetero) is 1. The molecule has 4 N–H and O–H groups in total. The smallest absolute Gasteiger partial charge is 0.429 e. The molecular weight excluding hydrogens is 733 g/mol. The number of allylic oxidation sites excluding steroid dienone is 4. The van der Waals surface area contributed by atoms with Crippen LogP contribution < -0.4 is 11.1 Å². The van der Waals surface area contributed by atoms with Crippen molar-refractivity contribution in [2.45, 2.75) is 95.2 Å². The first-order chi connectivity index (χ1) is 27.0. The van der Waals surface area contributed by atoms with Crippen molar-refractivity contribution in [3.63, 3.8) is 0 Å². The Morgan fingerprint density at radius 2 is 1.82 bits per heavy atom. The molecule has 1 saturated heterocycles. The highest BCUT2D eigenvalue weighted by Crippen LogP contribution is 2.72. The quantitative estimate of drug-likeness (QED) is 0.217. The van der Waals surface area contributed by atoms with Crippen LogP contribution in [0.4, 0.5) is 14.9 Å². The zero-order valence-corrected chi connectivity index (χ0v) is 32.5. The van der Waals surface area contributed by atoms with E-state index in [1.54, 1.807) is 69.6 Å². The van der Waals surface area contributed by atoms with Gasteiger partial charge in [0.25, 0.3) is 0 Å². The predicted molar refractivity (Wildman–Crippen MR) is 206 cm³/mol. The van der Waals surface area contributed by atoms with Crippen molar-refractivity contribution in [1.29, 1.82) is 0 Å². The Balaban J connectivity index is 0.917. The third kappa shape index (κ3) is 6.12. The van der Waals surface area contributed by atoms with E-state index < -0.39 is 76.4 Å². The lowest BCUT2D eigenvalue weighted by Gasteiger charge is -2.62. The van der Waals surface area contributed by atoms with E-state index in [-0.39, 0.29) is 31.3 Å². The Morgan fingerprint density at radius 1 is 1.05 bits per heavy atom. The van der Waals surface area contributed by atoms with Gasteiger partial charge in [0.05, 0.1) is 18.1 Å². The van der Waals surface area contributed by atoms with Gasteiger partial charge in [-0.25, -0.2) is 9.18 Å². The van der Waals surface area contributed by atoms with Crippen LogP contribution in [-0.4, -0.2) is 76.1 Å². The molecule has 2 heterocycles. The van der Waals surface area contributed by atoms with Crippen LogP contribution in [0, 0.1) is 22.7 Å². The van der Waals surface area contributed by atoms with Gasteiger partial charge in [0.15, 0.2) is 29.4 Å². The average molecular weight is 782 g/mol. The molecule has 0 radical (unpaired) electrons. The monoisotopic (exact) mass is 781 g/mol. The van der Waals surface area contributed by atoms with Gasteiger partial charge < -0.3 is 35.1 Å². The van der Waals surface area contributed by atoms with Crippen LogP contribution in [0.3, 0.4) is 0 Å². The molecule has 3 saturated carbocycles. The van der Waals surface area contributed by atoms with Crippen molar-refractivity contribution in [3.8, 4) is 0 Å². The molecule has 8 rings (SSSR count). The van der Waals surface area contributed by atoms with Crippen LogP contribution in [0.5, 0.6) is 0 Å². The van der Waals surface area contributed by atoms with Gasteiger partial charge in [-0.2, -0.15) is 0 Å². The molecule has 0 unspecified atom stereocenters. The molecule has 0 bridgehead atoms. The maximum Gasteiger partial charge on any atom is 0.509 e. The highest BCUT2D eigenvalue weighted by molar-refractivity contribution is 6.01. The number of rotatable bonds is 9. The minimum Gasteiger partial charge on any atom is -0.429 e. The first-order valence-corrected chi connectivity index (χ1v) is 19.5. The van der Waals surface area contributed by atoms with E-state index in [9.17, 15) is 24.3 Å². The van der Waals surface area contributed by atoms with E-state index in [0.717, 1.165) is 10.8 Å². The number of anilines is 1. The molecule has 13 heteroatoms. The lowest BCUT2D eigenvalue weighted by molar-refractivity contribution is -0.246. The topological polar surface area (TPSA) is 176 Å². The highest BCUT2D eigenvalue weighted by Gasteiger charge is 2.80. The predicted octanol–water partition coefficient (Wildman–Crippen LogP) is 6.01. The van der Waals surface area contributed by atoms with Crippen LogP contribution in [0.2, 0.25) is 0 Å². The van der Waals surface area contributed by atoms with Crippen LogP contribution in [0.15, 0.2) is 84.7 Å². The largest absolute Gasteiger partial charge is 0.509 e. The van der Waals surface area contributed by atoms with Crippen molar-refractivity contribution in [2.75, 3.05) is 18.5 Å². The SMILES string of the molecule is CC1(C)O[C@@H]2C[C@H]3[C@@H]4CCC5=CC(=O)C=C[C@]5(C)[C@@]4(F)[C@@H](O)C[C@]3(C)[C@]2(C(=O)COC(=O)OCc2ccc([C@@H](CN)C(=O)Nc3ccc4cnccc4c3)cc2)O1. The number of carbonyl (C=O) groups excluding carboxylic acids is 4. The fourth-order valence-corrected chi connectivity index (χ4v) is 10.9. The Morgan fingerprint density at radius 3 is 2.58 bits per heavy atom. The van der Waals surface area contributed by atoms with Gasteiger partial charge in [-0.3, -0.25) is 19.4 Å². The van der Waals surface area contributed by atoms with Gasteiger partial charge in [0, 0.05) is 46.8 Å². The van der Waals surface area contributed by atoms with E-state index >= 15 is 4.39 Å². The fourth-order valence-electron chi connectivity index (χ4n) is 10.9. The number of aliphatic hydroxyl groups excluding tert-OH is 1. The normalized spacial score (nSPS) is 33.9. The Hall–Kier alpha value is -4.82. The molecular formula is C44H48FN3O9. The molecule has 12 nitrogen and oxygen atoms in total. The summed E-state index contributed by atoms with van der Waals surface area (Å²) < 4.78 is 41.3. The zero-order chi connectivity index (χ0) is 40.5. The first-order valence-electron chi connectivity index (χ1n) is 19.5. The number of fused-ring (bicyclic) bond motifs is 8. The Kier molecular flexibility index (Phi) is 9.54. The van der Waals surface area contributed by atoms with Gasteiger partial charge in [0.1, 0.15) is 6.61 Å². The number of aromatic nitrogens is 1. The van der Waals surface area contributed by atoms with Crippen molar-refractivity contribution >= 4 is 40.1 Å². The number of benzene rings is 2. The molecule has 57 heavy (non-hydrogen) atoms. The van der Waals surface area contributed by atoms with Gasteiger partial charge in [-0.15, -0.1) is 0 Å². The summed E-state index contributed by atoms with van der Waals surface area (Å²) in [5, 5.41) is 16.6. The summed E-state index contributed by atoms with van der Waals surface area (Å²) in [6, 6.07) is 14.3. The molecule has 4 aliphatic carbocycles. The van der Waals surface area contributed by atoms with Crippen molar-refractivity contribution < 1.29 is 47.6 Å². The molecule has 3 aromatic rings. The van der Waals surface area contributed by atoms with E-state index in [2.05, 4.69) is 10.3 Å². The number of aliphatic hydroxyl groups is 1. The first kappa shape index (κ1) is 39.0. The molecule has 9 atom stereocenters. The average Bonchev–Trinajstić information content (AvgIpc) is 3.59. The van der Waals surface area contributed by atoms with Crippen molar-refractivity contribution in [1.82, 2.24) is 4.98 Å². The second-order valence-electron chi connectivity index (χ2n) is 17.1. The van der Waals surface area contributed by atoms with E-state index in [1.165, 1.54) is 12.2 Å². The molecule has 1 aliphatic heterocycles. The number of pyridine rings is 1. The second-order valence-corrected chi connectivity index (χ2v) is 17.1. The van der Waals surface area contributed by atoms with Crippen molar-refractivity contribution in [2.24, 2.45) is 28.4 Å². The number of hydrogen-bond donors (Lipinski definition) is 3. The van der Waals surface area contributed by atoms with Crippen LogP contribution in [0.1, 0.15) is 70.4 Å². The molecule has 300 valence electrons. The number of nitrogens with zero attached hydrogens (tertiary/aromatic N) is 1. The lowest BCUT2D eigenvalue weighted by atomic mass is 9.44. The maximum atomic E-state index is 17.7. The fraction of sp³-hybridized carbons (Fsp3) is 0.477. The number of ether oxygens (including phenoxy) is 4. The number of hydrogen-bond acceptors (Lipinski definition) is 11. The molecule has 0 spiro atoms. The number of nitrogens with two attached hydrogens (primary N) is 1. The lowest BCUT2D eigenvalue weighted by Crippen LogP contribution is -2.70. The van der Waals surface area contributed by atoms with Crippen LogP contribution >= 0.6 is 0 Å². The summed E-state index contributed by atoms with van der Waals surface area (Å²) in [7, 11) is 0. The number of alkyl halides is 1. The number of halogens is 1. The van der Waals surface area contributed by atoms with Crippen LogP contribution in [0.25, 0.3) is 10.8 Å². The van der Waals surface area contributed by atoms with Gasteiger partial charge in [0.2, 0.25) is 11.7 Å². The molecule has 1 amide bonds. The van der Waals surface area contributed by atoms with Gasteiger partial charge >= 0.3 is 6.16 Å². The number of nitrogens with one attached hydrogen (secondary N) is 1. The summed E-state index contributed by atoms with van der Waals surface area (Å²) in [6.07, 6.45) is 5.60. The summed E-state index contributed by atoms with van der Waals surface area (Å²) in [5.74, 6) is -3.91. The van der Waals surface area contributed by atoms with Crippen LogP contribution in [-0.2, 0) is 39.9 Å². The molecule has 4 fully saturated rings. The standard InChI is InChI=1S/C44H48FN3O9/c1-40(2)56-37-19-34-33-12-10-29-18-31(49)13-15-41(29,3)43(33,45)35(50)20-42(34,4)44(37,57-40)36(51)24-55-39(53)54-23-25-5-7-26(8-6-25)32(21-46)38(52)48-30-11-9-28-22-47-16-14-27(28)17-30/h5-9,11,13-18,22,32-35,37,50H,10,12,19-21,23-24,46H2,1-4H3,(H,48,52)/t32-,33+,34+,35+,37-,41+,42+,43+,44-/m1/s1. The number of amides is 1. The minimum absolute atomic E-state index is 0.0685.